The fourth-order valence-corrected chi connectivity index (χ4v) is 2.09. The molecule has 0 saturated carbocycles. The van der Waals surface area contributed by atoms with Gasteiger partial charge in [0.2, 0.25) is 0 Å². The van der Waals surface area contributed by atoms with E-state index in [9.17, 15) is 0 Å². The third-order valence-corrected chi connectivity index (χ3v) is 3.39. The maximum absolute atomic E-state index is 5.80. The van der Waals surface area contributed by atoms with E-state index < -0.39 is 0 Å². The summed E-state index contributed by atoms with van der Waals surface area (Å²) in [6, 6.07) is 6.54. The first-order valence-corrected chi connectivity index (χ1v) is 7.77. The molecular weight excluding hydrogens is 250 g/mol. The second kappa shape index (κ2) is 9.65. The van der Waals surface area contributed by atoms with E-state index in [1.807, 2.05) is 6.07 Å². The van der Waals surface area contributed by atoms with Gasteiger partial charge in [-0.3, -0.25) is 0 Å². The van der Waals surface area contributed by atoms with Gasteiger partial charge in [0.1, 0.15) is 0 Å². The van der Waals surface area contributed by atoms with Crippen LogP contribution in [-0.4, -0.2) is 20.3 Å². The van der Waals surface area contributed by atoms with Crippen LogP contribution in [0.2, 0.25) is 0 Å². The van der Waals surface area contributed by atoms with E-state index in [0.717, 1.165) is 37.5 Å². The maximum Gasteiger partial charge on any atom is 0.161 e. The Morgan fingerprint density at radius 2 is 1.90 bits per heavy atom. The molecule has 0 spiro atoms. The van der Waals surface area contributed by atoms with Crippen molar-refractivity contribution in [2.45, 2.75) is 52.5 Å². The molecule has 1 rings (SSSR count). The summed E-state index contributed by atoms with van der Waals surface area (Å²) in [6.45, 7) is 8.33. The first-order valence-electron chi connectivity index (χ1n) is 7.77. The van der Waals surface area contributed by atoms with E-state index >= 15 is 0 Å². The van der Waals surface area contributed by atoms with Gasteiger partial charge < -0.3 is 14.8 Å². The standard InChI is InChI=1S/C17H29NO2/c1-5-7-8-12-20-16-10-9-15(13-17(16)19-4)14(3)18-11-6-2/h9-10,13-14,18H,5-8,11-12H2,1-4H3. The van der Waals surface area contributed by atoms with Crippen molar-refractivity contribution in [1.29, 1.82) is 0 Å². The van der Waals surface area contributed by atoms with Crippen molar-refractivity contribution in [1.82, 2.24) is 5.32 Å². The zero-order valence-corrected chi connectivity index (χ0v) is 13.4. The van der Waals surface area contributed by atoms with E-state index in [1.165, 1.54) is 18.4 Å². The van der Waals surface area contributed by atoms with Gasteiger partial charge in [-0.25, -0.2) is 0 Å². The SMILES string of the molecule is CCCCCOc1ccc(C(C)NCCC)cc1OC. The Bertz CT molecular complexity index is 379. The Kier molecular flexibility index (Phi) is 8.12. The van der Waals surface area contributed by atoms with Gasteiger partial charge in [0.25, 0.3) is 0 Å². The van der Waals surface area contributed by atoms with Crippen LogP contribution in [0.15, 0.2) is 18.2 Å². The number of ether oxygens (including phenoxy) is 2. The molecule has 1 aromatic rings. The first kappa shape index (κ1) is 16.8. The van der Waals surface area contributed by atoms with Crippen molar-refractivity contribution < 1.29 is 9.47 Å². The zero-order chi connectivity index (χ0) is 14.8. The van der Waals surface area contributed by atoms with E-state index in [2.05, 4.69) is 38.2 Å². The summed E-state index contributed by atoms with van der Waals surface area (Å²) >= 11 is 0. The summed E-state index contributed by atoms with van der Waals surface area (Å²) in [6.07, 6.45) is 4.65. The highest BCUT2D eigenvalue weighted by Crippen LogP contribution is 2.30. The molecule has 0 saturated heterocycles. The van der Waals surface area contributed by atoms with Crippen molar-refractivity contribution in [2.24, 2.45) is 0 Å². The highest BCUT2D eigenvalue weighted by molar-refractivity contribution is 5.43. The molecule has 0 bridgehead atoms. The van der Waals surface area contributed by atoms with Gasteiger partial charge >= 0.3 is 0 Å². The van der Waals surface area contributed by atoms with Crippen molar-refractivity contribution in [3.8, 4) is 11.5 Å². The van der Waals surface area contributed by atoms with Gasteiger partial charge in [-0.1, -0.05) is 32.8 Å². The highest BCUT2D eigenvalue weighted by atomic mass is 16.5. The van der Waals surface area contributed by atoms with Crippen LogP contribution in [0.5, 0.6) is 11.5 Å². The molecule has 0 aliphatic rings. The first-order chi connectivity index (χ1) is 9.72. The lowest BCUT2D eigenvalue weighted by Gasteiger charge is -2.17. The predicted molar refractivity (Wildman–Crippen MR) is 84.7 cm³/mol. The van der Waals surface area contributed by atoms with Crippen molar-refractivity contribution in [3.05, 3.63) is 23.8 Å². The number of unbranched alkanes of at least 4 members (excludes halogenated alkanes) is 2. The van der Waals surface area contributed by atoms with Gasteiger partial charge in [-0.15, -0.1) is 0 Å². The second-order valence-electron chi connectivity index (χ2n) is 5.14. The summed E-state index contributed by atoms with van der Waals surface area (Å²) in [5.41, 5.74) is 1.23. The van der Waals surface area contributed by atoms with E-state index in [1.54, 1.807) is 7.11 Å². The third-order valence-electron chi connectivity index (χ3n) is 3.39. The summed E-state index contributed by atoms with van der Waals surface area (Å²) in [5.74, 6) is 1.67. The molecular formula is C17H29NO2. The van der Waals surface area contributed by atoms with E-state index in [0.29, 0.717) is 6.04 Å². The van der Waals surface area contributed by atoms with Crippen molar-refractivity contribution in [2.75, 3.05) is 20.3 Å². The fraction of sp³-hybridized carbons (Fsp3) is 0.647. The lowest BCUT2D eigenvalue weighted by atomic mass is 10.1. The predicted octanol–water partition coefficient (Wildman–Crippen LogP) is 4.32. The Hall–Kier alpha value is -1.22. The Morgan fingerprint density at radius 3 is 2.55 bits per heavy atom. The van der Waals surface area contributed by atoms with Gasteiger partial charge in [0, 0.05) is 6.04 Å². The van der Waals surface area contributed by atoms with Crippen LogP contribution in [0.1, 0.15) is 58.1 Å². The molecule has 114 valence electrons. The molecule has 0 amide bonds. The minimum Gasteiger partial charge on any atom is -0.493 e. The monoisotopic (exact) mass is 279 g/mol. The number of benzene rings is 1. The van der Waals surface area contributed by atoms with Gasteiger partial charge in [0.15, 0.2) is 11.5 Å². The maximum atomic E-state index is 5.80. The number of hydrogen-bond donors (Lipinski definition) is 1. The van der Waals surface area contributed by atoms with Crippen molar-refractivity contribution >= 4 is 0 Å². The van der Waals surface area contributed by atoms with Gasteiger partial charge in [-0.05, 0) is 44.0 Å². The molecule has 3 heteroatoms. The lowest BCUT2D eigenvalue weighted by molar-refractivity contribution is 0.285. The van der Waals surface area contributed by atoms with Crippen LogP contribution in [0.4, 0.5) is 0 Å². The normalized spacial score (nSPS) is 12.2. The summed E-state index contributed by atoms with van der Waals surface area (Å²) < 4.78 is 11.2. The summed E-state index contributed by atoms with van der Waals surface area (Å²) in [7, 11) is 1.70. The third kappa shape index (κ3) is 5.41. The van der Waals surface area contributed by atoms with Crippen LogP contribution >= 0.6 is 0 Å². The molecule has 0 heterocycles. The largest absolute Gasteiger partial charge is 0.493 e. The number of hydrogen-bond acceptors (Lipinski definition) is 3. The Morgan fingerprint density at radius 1 is 1.10 bits per heavy atom. The lowest BCUT2D eigenvalue weighted by Crippen LogP contribution is -2.19. The highest BCUT2D eigenvalue weighted by Gasteiger charge is 2.10. The molecule has 0 aromatic heterocycles. The average molecular weight is 279 g/mol. The van der Waals surface area contributed by atoms with Crippen LogP contribution < -0.4 is 14.8 Å². The van der Waals surface area contributed by atoms with E-state index in [-0.39, 0.29) is 0 Å². The van der Waals surface area contributed by atoms with Crippen LogP contribution in [0, 0.1) is 0 Å². The molecule has 20 heavy (non-hydrogen) atoms. The van der Waals surface area contributed by atoms with Crippen LogP contribution in [-0.2, 0) is 0 Å². The topological polar surface area (TPSA) is 30.5 Å². The van der Waals surface area contributed by atoms with Crippen molar-refractivity contribution in [3.63, 3.8) is 0 Å². The summed E-state index contributed by atoms with van der Waals surface area (Å²) in [5, 5.41) is 3.48. The van der Waals surface area contributed by atoms with Gasteiger partial charge in [-0.2, -0.15) is 0 Å². The molecule has 0 fully saturated rings. The van der Waals surface area contributed by atoms with Gasteiger partial charge in [0.05, 0.1) is 13.7 Å². The molecule has 1 unspecified atom stereocenters. The molecule has 0 aliphatic carbocycles. The van der Waals surface area contributed by atoms with Crippen LogP contribution in [0.25, 0.3) is 0 Å². The molecule has 0 radical (unpaired) electrons. The Labute approximate surface area is 123 Å². The number of rotatable bonds is 10. The molecule has 1 atom stereocenters. The zero-order valence-electron chi connectivity index (χ0n) is 13.4. The minimum atomic E-state index is 0.331. The second-order valence-corrected chi connectivity index (χ2v) is 5.14. The summed E-state index contributed by atoms with van der Waals surface area (Å²) in [4.78, 5) is 0. The fourth-order valence-electron chi connectivity index (χ4n) is 2.09. The number of nitrogens with one attached hydrogen (secondary N) is 1. The Balaban J connectivity index is 2.64. The van der Waals surface area contributed by atoms with E-state index in [4.69, 9.17) is 9.47 Å². The molecule has 1 N–H and O–H groups in total. The molecule has 0 aliphatic heterocycles. The quantitative estimate of drug-likeness (QED) is 0.647. The minimum absolute atomic E-state index is 0.331. The van der Waals surface area contributed by atoms with Crippen LogP contribution in [0.3, 0.4) is 0 Å². The number of methoxy groups -OCH3 is 1. The average Bonchev–Trinajstić information content (AvgIpc) is 2.49. The molecule has 1 aromatic carbocycles. The molecule has 3 nitrogen and oxygen atoms in total. The smallest absolute Gasteiger partial charge is 0.161 e.